The lowest BCUT2D eigenvalue weighted by Gasteiger charge is -2.09. The molecule has 7 aliphatic rings. The Balaban J connectivity index is 1.23. The summed E-state index contributed by atoms with van der Waals surface area (Å²) in [6.45, 7) is 0.651. The lowest BCUT2D eigenvalue weighted by molar-refractivity contribution is 0.0714. The second kappa shape index (κ2) is 15.2. The highest BCUT2D eigenvalue weighted by atomic mass is 16.5. The van der Waals surface area contributed by atoms with Crippen molar-refractivity contribution in [2.24, 2.45) is 0 Å². The van der Waals surface area contributed by atoms with E-state index in [0.29, 0.717) is 22.3 Å². The van der Waals surface area contributed by atoms with Gasteiger partial charge >= 0.3 is 0 Å². The summed E-state index contributed by atoms with van der Waals surface area (Å²) in [7, 11) is 0. The zero-order chi connectivity index (χ0) is 30.7. The van der Waals surface area contributed by atoms with Crippen LogP contribution in [-0.4, -0.2) is 49.6 Å². The van der Waals surface area contributed by atoms with Crippen LogP contribution >= 0.6 is 0 Å². The second-order valence-electron chi connectivity index (χ2n) is 10.5. The van der Waals surface area contributed by atoms with E-state index in [1.54, 1.807) is 48.5 Å². The number of ether oxygens (including phenoxy) is 4. The summed E-state index contributed by atoms with van der Waals surface area (Å²) in [5, 5.41) is 0. The first-order valence-electron chi connectivity index (χ1n) is 14.2. The number of rotatable bonds is 0. The van der Waals surface area contributed by atoms with E-state index < -0.39 is 0 Å². The molecule has 0 saturated heterocycles. The fourth-order valence-electron chi connectivity index (χ4n) is 4.53. The zero-order valence-corrected chi connectivity index (χ0v) is 24.2. The Hall–Kier alpha value is -4.60. The first kappa shape index (κ1) is 30.8. The van der Waals surface area contributed by atoms with Gasteiger partial charge < -0.3 is 18.9 Å². The van der Waals surface area contributed by atoms with Crippen LogP contribution in [0.1, 0.15) is 63.7 Å². The van der Waals surface area contributed by atoms with Crippen LogP contribution in [0.15, 0.2) is 97.1 Å². The number of carbonyl (C=O) groups is 4. The molecule has 8 heteroatoms. The van der Waals surface area contributed by atoms with Crippen LogP contribution in [-0.2, 0) is 45.4 Å². The third kappa shape index (κ3) is 8.72. The molecule has 0 N–H and O–H groups in total. The van der Waals surface area contributed by atoms with Crippen LogP contribution in [0.25, 0.3) is 0 Å². The molecule has 4 aromatic rings. The van der Waals surface area contributed by atoms with Crippen LogP contribution in [0, 0.1) is 0 Å². The van der Waals surface area contributed by atoms with Gasteiger partial charge in [-0.3, -0.25) is 19.2 Å². The summed E-state index contributed by atoms with van der Waals surface area (Å²) >= 11 is 0. The molecule has 0 spiro atoms. The molecule has 224 valence electrons. The maximum absolute atomic E-state index is 12.6. The van der Waals surface area contributed by atoms with Gasteiger partial charge in [0, 0.05) is 22.3 Å². The predicted octanol–water partition coefficient (Wildman–Crippen LogP) is 5.60. The average Bonchev–Trinajstić information content (AvgIpc) is 3.05. The van der Waals surface area contributed by atoms with Gasteiger partial charge in [-0.25, -0.2) is 0 Å². The fourth-order valence-corrected chi connectivity index (χ4v) is 4.53. The van der Waals surface area contributed by atoms with Gasteiger partial charge in [-0.1, -0.05) is 97.1 Å². The minimum absolute atomic E-state index is 0.0938. The second-order valence-corrected chi connectivity index (χ2v) is 10.5. The molecule has 11 rings (SSSR count). The van der Waals surface area contributed by atoms with Gasteiger partial charge in [-0.05, 0) is 22.3 Å². The van der Waals surface area contributed by atoms with Gasteiger partial charge in [-0.2, -0.15) is 0 Å². The van der Waals surface area contributed by atoms with Crippen molar-refractivity contribution in [3.63, 3.8) is 0 Å². The molecule has 7 heterocycles. The van der Waals surface area contributed by atoms with Crippen LogP contribution < -0.4 is 0 Å². The molecular weight excluding hydrogens is 560 g/mol. The molecule has 0 fully saturated rings. The van der Waals surface area contributed by atoms with Crippen LogP contribution in [0.2, 0.25) is 0 Å². The standard InChI is InChI=1S/C36H32O8/c37-33-21-41-17-25-1-2-26(4-3-25)18-42-22-34(38)30-13-15-32(16-14-30)36(40)24-44-20-28-7-5-27(6-8-28)19-43-23-35(39)31-11-9-29(33)10-12-31/h1-16H,17-24H2. The van der Waals surface area contributed by atoms with Gasteiger partial charge in [0.05, 0.1) is 26.4 Å². The first-order valence-corrected chi connectivity index (χ1v) is 14.2. The summed E-state index contributed by atoms with van der Waals surface area (Å²) in [5.74, 6) is -0.737. The molecular formula is C36H32O8. The van der Waals surface area contributed by atoms with Gasteiger partial charge in [-0.15, -0.1) is 0 Å². The smallest absolute Gasteiger partial charge is 0.188 e. The third-order valence-corrected chi connectivity index (χ3v) is 7.11. The molecule has 0 aromatic heterocycles. The van der Waals surface area contributed by atoms with Crippen LogP contribution in [0.4, 0.5) is 0 Å². The molecule has 0 atom stereocenters. The van der Waals surface area contributed by atoms with Gasteiger partial charge in [0.1, 0.15) is 26.4 Å². The first-order chi connectivity index (χ1) is 21.4. The summed E-state index contributed by atoms with van der Waals surface area (Å²) in [6, 6.07) is 28.0. The maximum atomic E-state index is 12.6. The van der Waals surface area contributed by atoms with Crippen molar-refractivity contribution in [2.45, 2.75) is 26.4 Å². The quantitative estimate of drug-likeness (QED) is 0.260. The molecule has 0 saturated carbocycles. The molecule has 8 nitrogen and oxygen atoms in total. The highest BCUT2D eigenvalue weighted by Gasteiger charge is 2.12. The lowest BCUT2D eigenvalue weighted by Crippen LogP contribution is -2.12. The normalized spacial score (nSPS) is 16.2. The largest absolute Gasteiger partial charge is 0.369 e. The molecule has 0 unspecified atom stereocenters. The van der Waals surface area contributed by atoms with Crippen molar-refractivity contribution >= 4 is 23.1 Å². The van der Waals surface area contributed by atoms with Crippen molar-refractivity contribution in [3.8, 4) is 0 Å². The Morgan fingerprint density at radius 1 is 0.273 bits per heavy atom. The van der Waals surface area contributed by atoms with Crippen LogP contribution in [0.3, 0.4) is 0 Å². The van der Waals surface area contributed by atoms with Crippen molar-refractivity contribution in [3.05, 3.63) is 142 Å². The molecule has 7 aliphatic heterocycles. The summed E-state index contributed by atoms with van der Waals surface area (Å²) < 4.78 is 22.4. The van der Waals surface area contributed by atoms with E-state index in [9.17, 15) is 19.2 Å². The monoisotopic (exact) mass is 592 g/mol. The van der Waals surface area contributed by atoms with Crippen molar-refractivity contribution in [2.75, 3.05) is 26.4 Å². The number of Topliss-reactive ketones (excluding diaryl/α,β-unsaturated/α-hetero) is 4. The van der Waals surface area contributed by atoms with E-state index in [2.05, 4.69) is 0 Å². The molecule has 44 heavy (non-hydrogen) atoms. The van der Waals surface area contributed by atoms with Crippen LogP contribution in [0.5, 0.6) is 0 Å². The minimum Gasteiger partial charge on any atom is -0.369 e. The van der Waals surface area contributed by atoms with Gasteiger partial charge in [0.15, 0.2) is 23.1 Å². The number of carbonyl (C=O) groups excluding carboxylic acids is 4. The van der Waals surface area contributed by atoms with E-state index in [-0.39, 0.29) is 76.0 Å². The molecule has 8 bridgehead atoms. The molecule has 0 amide bonds. The Morgan fingerprint density at radius 2 is 0.455 bits per heavy atom. The molecule has 0 radical (unpaired) electrons. The topological polar surface area (TPSA) is 105 Å². The number of hydrogen-bond donors (Lipinski definition) is 0. The third-order valence-electron chi connectivity index (χ3n) is 7.11. The van der Waals surface area contributed by atoms with Crippen molar-refractivity contribution in [1.29, 1.82) is 0 Å². The summed E-state index contributed by atoms with van der Waals surface area (Å²) in [5.41, 5.74) is 5.39. The Labute approximate surface area is 255 Å². The summed E-state index contributed by atoms with van der Waals surface area (Å²) in [4.78, 5) is 50.3. The average molecular weight is 593 g/mol. The van der Waals surface area contributed by atoms with E-state index in [0.717, 1.165) is 22.3 Å². The number of ketones is 4. The highest BCUT2D eigenvalue weighted by Crippen LogP contribution is 2.13. The lowest BCUT2D eigenvalue weighted by atomic mass is 10.1. The van der Waals surface area contributed by atoms with E-state index in [1.165, 1.54) is 0 Å². The van der Waals surface area contributed by atoms with E-state index in [1.807, 2.05) is 48.5 Å². The summed E-state index contributed by atoms with van der Waals surface area (Å²) in [6.07, 6.45) is 0. The van der Waals surface area contributed by atoms with Crippen molar-refractivity contribution < 1.29 is 38.1 Å². The Morgan fingerprint density at radius 3 is 0.636 bits per heavy atom. The van der Waals surface area contributed by atoms with Crippen molar-refractivity contribution in [1.82, 2.24) is 0 Å². The number of hydrogen-bond acceptors (Lipinski definition) is 8. The molecule has 0 aliphatic carbocycles. The predicted molar refractivity (Wildman–Crippen MR) is 162 cm³/mol. The number of benzene rings is 4. The fraction of sp³-hybridized carbons (Fsp3) is 0.222. The molecule has 4 aromatic carbocycles. The van der Waals surface area contributed by atoms with Gasteiger partial charge in [0.25, 0.3) is 0 Å². The Bertz CT molecular complexity index is 1350. The van der Waals surface area contributed by atoms with E-state index >= 15 is 0 Å². The zero-order valence-electron chi connectivity index (χ0n) is 24.2. The van der Waals surface area contributed by atoms with E-state index in [4.69, 9.17) is 18.9 Å². The maximum Gasteiger partial charge on any atom is 0.188 e. The van der Waals surface area contributed by atoms with Gasteiger partial charge in [0.2, 0.25) is 0 Å². The SMILES string of the molecule is O=C1COCc2ccc(cc2)COCC(=O)c2ccc(cc2)C(=O)COCc2ccc(cc2)COCC(=O)c2ccc1cc2. The Kier molecular flexibility index (Phi) is 10.7. The highest BCUT2D eigenvalue weighted by molar-refractivity contribution is 6.01. The minimum atomic E-state index is -0.184.